The highest BCUT2D eigenvalue weighted by atomic mass is 16.6. The van der Waals surface area contributed by atoms with Crippen LogP contribution in [-0.4, -0.2) is 39.5 Å². The Kier molecular flexibility index (Phi) is 3.21. The predicted molar refractivity (Wildman–Crippen MR) is 67.2 cm³/mol. The fourth-order valence-electron chi connectivity index (χ4n) is 2.04. The summed E-state index contributed by atoms with van der Waals surface area (Å²) in [5.41, 5.74) is -0.0782. The molecule has 2 N–H and O–H groups in total. The summed E-state index contributed by atoms with van der Waals surface area (Å²) in [5, 5.41) is 15.6. The fourth-order valence-corrected chi connectivity index (χ4v) is 2.04. The molecular weight excluding hydrogens is 250 g/mol. The molecule has 1 atom stereocenters. The van der Waals surface area contributed by atoms with Gasteiger partial charge in [0.1, 0.15) is 11.4 Å². The minimum absolute atomic E-state index is 0.293. The maximum absolute atomic E-state index is 12.1. The third kappa shape index (κ3) is 2.69. The monoisotopic (exact) mass is 267 g/mol. The Labute approximate surface area is 110 Å². The molecule has 0 saturated heterocycles. The fraction of sp³-hybridized carbons (Fsp3) is 0.583. The van der Waals surface area contributed by atoms with E-state index in [1.54, 1.807) is 20.8 Å². The van der Waals surface area contributed by atoms with Gasteiger partial charge in [-0.25, -0.2) is 4.79 Å². The number of aliphatic carboxylic acids is 1. The smallest absolute Gasteiger partial charge is 0.415 e. The average molecular weight is 267 g/mol. The van der Waals surface area contributed by atoms with Crippen molar-refractivity contribution in [3.63, 3.8) is 0 Å². The van der Waals surface area contributed by atoms with Gasteiger partial charge in [-0.15, -0.1) is 0 Å². The summed E-state index contributed by atoms with van der Waals surface area (Å²) in [6.45, 7) is 5.63. The van der Waals surface area contributed by atoms with Crippen molar-refractivity contribution in [1.82, 2.24) is 10.2 Å². The molecule has 1 aliphatic rings. The zero-order valence-corrected chi connectivity index (χ0v) is 11.1. The van der Waals surface area contributed by atoms with Gasteiger partial charge in [0.2, 0.25) is 0 Å². The predicted octanol–water partition coefficient (Wildman–Crippen LogP) is 1.72. The van der Waals surface area contributed by atoms with Crippen LogP contribution in [0.15, 0.2) is 6.20 Å². The van der Waals surface area contributed by atoms with E-state index >= 15 is 0 Å². The average Bonchev–Trinajstić information content (AvgIpc) is 2.73. The molecule has 2 heterocycles. The van der Waals surface area contributed by atoms with Crippen LogP contribution in [0.3, 0.4) is 0 Å². The van der Waals surface area contributed by atoms with E-state index in [0.29, 0.717) is 24.3 Å². The molecule has 1 aliphatic heterocycles. The standard InChI is InChI=1S/C12H17N3O4/c1-12(2,3)19-11(18)15-5-4-7(10(16)17)8-6-13-14-9(8)15/h6-7H,4-5H2,1-3H3,(H,13,14)(H,16,17). The van der Waals surface area contributed by atoms with Crippen LogP contribution < -0.4 is 4.90 Å². The highest BCUT2D eigenvalue weighted by Crippen LogP contribution is 2.34. The second kappa shape index (κ2) is 4.56. The molecule has 2 rings (SSSR count). The van der Waals surface area contributed by atoms with Gasteiger partial charge in [0.15, 0.2) is 0 Å². The van der Waals surface area contributed by atoms with Crippen molar-refractivity contribution in [2.45, 2.75) is 38.7 Å². The van der Waals surface area contributed by atoms with Crippen molar-refractivity contribution in [2.24, 2.45) is 0 Å². The molecule has 0 radical (unpaired) electrons. The number of carbonyl (C=O) groups excluding carboxylic acids is 1. The van der Waals surface area contributed by atoms with E-state index in [-0.39, 0.29) is 0 Å². The Hall–Kier alpha value is -2.05. The number of hydrogen-bond donors (Lipinski definition) is 2. The van der Waals surface area contributed by atoms with Gasteiger partial charge in [-0.1, -0.05) is 0 Å². The van der Waals surface area contributed by atoms with Gasteiger partial charge >= 0.3 is 12.1 Å². The van der Waals surface area contributed by atoms with Crippen molar-refractivity contribution in [3.05, 3.63) is 11.8 Å². The van der Waals surface area contributed by atoms with E-state index in [0.717, 1.165) is 0 Å². The number of carboxylic acids is 1. The number of amides is 1. The lowest BCUT2D eigenvalue weighted by Crippen LogP contribution is -2.41. The van der Waals surface area contributed by atoms with E-state index in [2.05, 4.69) is 10.2 Å². The minimum atomic E-state index is -0.911. The van der Waals surface area contributed by atoms with Crippen LogP contribution in [-0.2, 0) is 9.53 Å². The molecule has 0 fully saturated rings. The first-order valence-corrected chi connectivity index (χ1v) is 6.06. The van der Waals surface area contributed by atoms with Gasteiger partial charge in [-0.3, -0.25) is 14.8 Å². The summed E-state index contributed by atoms with van der Waals surface area (Å²) in [7, 11) is 0. The molecule has 1 amide bonds. The lowest BCUT2D eigenvalue weighted by Gasteiger charge is -2.31. The molecule has 104 valence electrons. The Morgan fingerprint density at radius 1 is 1.53 bits per heavy atom. The molecule has 7 nitrogen and oxygen atoms in total. The SMILES string of the molecule is CC(C)(C)OC(=O)N1CCC(C(=O)O)c2cn[nH]c21. The van der Waals surface area contributed by atoms with E-state index in [1.165, 1.54) is 11.1 Å². The number of aromatic nitrogens is 2. The van der Waals surface area contributed by atoms with Gasteiger partial charge in [-0.2, -0.15) is 5.10 Å². The summed E-state index contributed by atoms with van der Waals surface area (Å²) in [6.07, 6.45) is 1.30. The highest BCUT2D eigenvalue weighted by molar-refractivity contribution is 5.90. The Morgan fingerprint density at radius 2 is 2.21 bits per heavy atom. The van der Waals surface area contributed by atoms with Crippen LogP contribution >= 0.6 is 0 Å². The van der Waals surface area contributed by atoms with Crippen molar-refractivity contribution in [1.29, 1.82) is 0 Å². The first-order chi connectivity index (χ1) is 8.79. The van der Waals surface area contributed by atoms with E-state index in [1.807, 2.05) is 0 Å². The zero-order valence-electron chi connectivity index (χ0n) is 11.1. The number of carboxylic acid groups (broad SMARTS) is 1. The third-order valence-corrected chi connectivity index (χ3v) is 2.85. The van der Waals surface area contributed by atoms with Crippen LogP contribution in [0.4, 0.5) is 10.6 Å². The number of carbonyl (C=O) groups is 2. The Balaban J connectivity index is 2.24. The number of anilines is 1. The number of H-pyrrole nitrogens is 1. The summed E-state index contributed by atoms with van der Waals surface area (Å²) >= 11 is 0. The second-order valence-corrected chi connectivity index (χ2v) is 5.49. The number of nitrogens with zero attached hydrogens (tertiary/aromatic N) is 2. The quantitative estimate of drug-likeness (QED) is 0.807. The first-order valence-electron chi connectivity index (χ1n) is 6.06. The maximum atomic E-state index is 12.1. The largest absolute Gasteiger partial charge is 0.481 e. The summed E-state index contributed by atoms with van der Waals surface area (Å²) < 4.78 is 5.29. The first kappa shape index (κ1) is 13.4. The van der Waals surface area contributed by atoms with Crippen molar-refractivity contribution < 1.29 is 19.4 Å². The normalized spacial score (nSPS) is 18.9. The Morgan fingerprint density at radius 3 is 2.79 bits per heavy atom. The van der Waals surface area contributed by atoms with Crippen molar-refractivity contribution in [3.8, 4) is 0 Å². The number of aromatic amines is 1. The van der Waals surface area contributed by atoms with Crippen LogP contribution in [0.1, 0.15) is 38.7 Å². The maximum Gasteiger partial charge on any atom is 0.415 e. The molecule has 1 aromatic heterocycles. The Bertz CT molecular complexity index is 503. The number of nitrogens with one attached hydrogen (secondary N) is 1. The van der Waals surface area contributed by atoms with Gasteiger partial charge in [-0.05, 0) is 27.2 Å². The topological polar surface area (TPSA) is 95.5 Å². The molecule has 1 aromatic rings. The van der Waals surface area contributed by atoms with Gasteiger partial charge < -0.3 is 9.84 Å². The van der Waals surface area contributed by atoms with Gasteiger partial charge in [0.05, 0.1) is 12.1 Å². The molecule has 19 heavy (non-hydrogen) atoms. The van der Waals surface area contributed by atoms with Crippen LogP contribution in [0.2, 0.25) is 0 Å². The lowest BCUT2D eigenvalue weighted by molar-refractivity contribution is -0.139. The summed E-state index contributed by atoms with van der Waals surface area (Å²) in [4.78, 5) is 24.6. The van der Waals surface area contributed by atoms with Crippen molar-refractivity contribution >= 4 is 17.9 Å². The third-order valence-electron chi connectivity index (χ3n) is 2.85. The van der Waals surface area contributed by atoms with Crippen LogP contribution in [0, 0.1) is 0 Å². The molecule has 0 saturated carbocycles. The number of hydrogen-bond acceptors (Lipinski definition) is 4. The summed E-state index contributed by atoms with van der Waals surface area (Å²) in [6, 6.07) is 0. The minimum Gasteiger partial charge on any atom is -0.481 e. The molecule has 1 unspecified atom stereocenters. The number of rotatable bonds is 1. The van der Waals surface area contributed by atoms with Crippen molar-refractivity contribution in [2.75, 3.05) is 11.4 Å². The molecule has 0 spiro atoms. The molecule has 7 heteroatoms. The molecule has 0 bridgehead atoms. The zero-order chi connectivity index (χ0) is 14.2. The van der Waals surface area contributed by atoms with E-state index < -0.39 is 23.6 Å². The molecule has 0 aromatic carbocycles. The second-order valence-electron chi connectivity index (χ2n) is 5.49. The van der Waals surface area contributed by atoms with Gasteiger partial charge in [0, 0.05) is 12.1 Å². The van der Waals surface area contributed by atoms with Crippen LogP contribution in [0.5, 0.6) is 0 Å². The van der Waals surface area contributed by atoms with E-state index in [4.69, 9.17) is 9.84 Å². The van der Waals surface area contributed by atoms with E-state index in [9.17, 15) is 9.59 Å². The lowest BCUT2D eigenvalue weighted by atomic mass is 9.94. The molecule has 0 aliphatic carbocycles. The molecular formula is C12H17N3O4. The number of ether oxygens (including phenoxy) is 1. The highest BCUT2D eigenvalue weighted by Gasteiger charge is 2.36. The van der Waals surface area contributed by atoms with Gasteiger partial charge in [0.25, 0.3) is 0 Å². The number of fused-ring (bicyclic) bond motifs is 1. The summed E-state index contributed by atoms with van der Waals surface area (Å²) in [5.74, 6) is -1.13. The van der Waals surface area contributed by atoms with Crippen LogP contribution in [0.25, 0.3) is 0 Å².